The SMILES string of the molecule is C=CC1(CNCCCCCC)C=CC(CNCCCCCC)=CC1. The van der Waals surface area contributed by atoms with E-state index < -0.39 is 0 Å². The number of hydrogen-bond acceptors (Lipinski definition) is 2. The largest absolute Gasteiger partial charge is 0.316 e. The van der Waals surface area contributed by atoms with Gasteiger partial charge in [0.05, 0.1) is 0 Å². The van der Waals surface area contributed by atoms with Crippen molar-refractivity contribution in [1.82, 2.24) is 10.6 Å². The van der Waals surface area contributed by atoms with Gasteiger partial charge in [0.25, 0.3) is 0 Å². The number of nitrogens with one attached hydrogen (secondary N) is 2. The first kappa shape index (κ1) is 21.2. The molecule has 1 atom stereocenters. The lowest BCUT2D eigenvalue weighted by molar-refractivity contribution is 0.438. The normalized spacial score (nSPS) is 20.2. The highest BCUT2D eigenvalue weighted by atomic mass is 14.9. The standard InChI is InChI=1S/C22H40N2/c1-4-7-9-11-17-23-19-21-13-15-22(6-3,16-14-21)20-24-18-12-10-8-5-2/h6,13-15,23-24H,3-5,7-12,16-20H2,1-2H3. The first-order chi connectivity index (χ1) is 11.8. The highest BCUT2D eigenvalue weighted by Crippen LogP contribution is 2.30. The van der Waals surface area contributed by atoms with E-state index in [1.807, 2.05) is 0 Å². The predicted octanol–water partition coefficient (Wildman–Crippen LogP) is 5.38. The fraction of sp³-hybridized carbons (Fsp3) is 0.727. The summed E-state index contributed by atoms with van der Waals surface area (Å²) in [7, 11) is 0. The Bertz CT molecular complexity index is 383. The predicted molar refractivity (Wildman–Crippen MR) is 108 cm³/mol. The quantitative estimate of drug-likeness (QED) is 0.310. The van der Waals surface area contributed by atoms with Crippen LogP contribution >= 0.6 is 0 Å². The van der Waals surface area contributed by atoms with E-state index in [-0.39, 0.29) is 5.41 Å². The summed E-state index contributed by atoms with van der Waals surface area (Å²) in [4.78, 5) is 0. The number of hydrogen-bond donors (Lipinski definition) is 2. The molecule has 0 heterocycles. The lowest BCUT2D eigenvalue weighted by Crippen LogP contribution is -2.33. The molecule has 0 aromatic heterocycles. The first-order valence-corrected chi connectivity index (χ1v) is 10.2. The van der Waals surface area contributed by atoms with Gasteiger partial charge in [0.15, 0.2) is 0 Å². The number of rotatable bonds is 15. The van der Waals surface area contributed by atoms with Gasteiger partial charge < -0.3 is 10.6 Å². The van der Waals surface area contributed by atoms with Crippen LogP contribution in [0.5, 0.6) is 0 Å². The minimum absolute atomic E-state index is 0.107. The summed E-state index contributed by atoms with van der Waals surface area (Å²) in [5, 5.41) is 7.20. The molecule has 0 spiro atoms. The smallest absolute Gasteiger partial charge is 0.0221 e. The van der Waals surface area contributed by atoms with Crippen LogP contribution in [0.25, 0.3) is 0 Å². The summed E-state index contributed by atoms with van der Waals surface area (Å²) in [5.74, 6) is 0. The molecule has 0 radical (unpaired) electrons. The molecule has 2 heteroatoms. The Morgan fingerprint density at radius 2 is 1.67 bits per heavy atom. The fourth-order valence-electron chi connectivity index (χ4n) is 3.12. The lowest BCUT2D eigenvalue weighted by Gasteiger charge is -2.29. The fourth-order valence-corrected chi connectivity index (χ4v) is 3.12. The average Bonchev–Trinajstić information content (AvgIpc) is 2.62. The van der Waals surface area contributed by atoms with E-state index in [2.05, 4.69) is 55.4 Å². The van der Waals surface area contributed by atoms with Crippen LogP contribution < -0.4 is 10.6 Å². The van der Waals surface area contributed by atoms with Gasteiger partial charge in [-0.1, -0.05) is 76.7 Å². The van der Waals surface area contributed by atoms with Gasteiger partial charge in [-0.2, -0.15) is 0 Å². The molecule has 138 valence electrons. The van der Waals surface area contributed by atoms with E-state index in [4.69, 9.17) is 0 Å². The summed E-state index contributed by atoms with van der Waals surface area (Å²) >= 11 is 0. The van der Waals surface area contributed by atoms with Crippen LogP contribution in [0.4, 0.5) is 0 Å². The maximum absolute atomic E-state index is 4.08. The zero-order valence-electron chi connectivity index (χ0n) is 16.2. The molecule has 0 aliphatic heterocycles. The van der Waals surface area contributed by atoms with Crippen LogP contribution in [-0.2, 0) is 0 Å². The Morgan fingerprint density at radius 1 is 1.00 bits per heavy atom. The first-order valence-electron chi connectivity index (χ1n) is 10.2. The second-order valence-corrected chi connectivity index (χ2v) is 7.23. The summed E-state index contributed by atoms with van der Waals surface area (Å²) in [6.07, 6.45) is 20.8. The average molecular weight is 333 g/mol. The van der Waals surface area contributed by atoms with Crippen LogP contribution in [0.15, 0.2) is 36.5 Å². The Labute approximate surface area is 150 Å². The molecular weight excluding hydrogens is 292 g/mol. The van der Waals surface area contributed by atoms with Crippen molar-refractivity contribution >= 4 is 0 Å². The summed E-state index contributed by atoms with van der Waals surface area (Å²) < 4.78 is 0. The van der Waals surface area contributed by atoms with Crippen LogP contribution in [0.2, 0.25) is 0 Å². The van der Waals surface area contributed by atoms with Gasteiger partial charge in [0, 0.05) is 18.5 Å². The third kappa shape index (κ3) is 8.84. The molecule has 0 aromatic carbocycles. The molecule has 1 aliphatic carbocycles. The summed E-state index contributed by atoms with van der Waals surface area (Å²) in [6, 6.07) is 0. The maximum atomic E-state index is 4.08. The molecule has 0 bridgehead atoms. The van der Waals surface area contributed by atoms with E-state index in [9.17, 15) is 0 Å². The van der Waals surface area contributed by atoms with Gasteiger partial charge in [0.2, 0.25) is 0 Å². The Hall–Kier alpha value is -0.860. The number of allylic oxidation sites excluding steroid dienone is 1. The van der Waals surface area contributed by atoms with Crippen molar-refractivity contribution in [2.24, 2.45) is 5.41 Å². The summed E-state index contributed by atoms with van der Waals surface area (Å²) in [5.41, 5.74) is 1.53. The molecule has 0 fully saturated rings. The van der Waals surface area contributed by atoms with Gasteiger partial charge in [-0.05, 0) is 37.9 Å². The minimum Gasteiger partial charge on any atom is -0.316 e. The van der Waals surface area contributed by atoms with Gasteiger partial charge in [-0.15, -0.1) is 6.58 Å². The second kappa shape index (κ2) is 13.4. The van der Waals surface area contributed by atoms with Crippen molar-refractivity contribution in [2.45, 2.75) is 71.6 Å². The molecule has 0 saturated heterocycles. The highest BCUT2D eigenvalue weighted by Gasteiger charge is 2.24. The third-order valence-corrected chi connectivity index (χ3v) is 4.98. The highest BCUT2D eigenvalue weighted by molar-refractivity contribution is 5.31. The van der Waals surface area contributed by atoms with Gasteiger partial charge in [-0.3, -0.25) is 0 Å². The van der Waals surface area contributed by atoms with Crippen molar-refractivity contribution in [2.75, 3.05) is 26.2 Å². The lowest BCUT2D eigenvalue weighted by atomic mass is 9.80. The topological polar surface area (TPSA) is 24.1 Å². The van der Waals surface area contributed by atoms with Crippen molar-refractivity contribution in [3.63, 3.8) is 0 Å². The maximum Gasteiger partial charge on any atom is 0.0221 e. The Morgan fingerprint density at radius 3 is 2.21 bits per heavy atom. The molecule has 2 N–H and O–H groups in total. The summed E-state index contributed by atoms with van der Waals surface area (Å²) in [6.45, 7) is 12.9. The molecule has 1 aliphatic rings. The van der Waals surface area contributed by atoms with E-state index in [0.29, 0.717) is 0 Å². The number of unbranched alkanes of at least 4 members (excludes halogenated alkanes) is 6. The zero-order chi connectivity index (χ0) is 17.5. The molecule has 2 nitrogen and oxygen atoms in total. The Balaban J connectivity index is 2.20. The van der Waals surface area contributed by atoms with Crippen LogP contribution in [0.3, 0.4) is 0 Å². The Kier molecular flexibility index (Phi) is 11.9. The third-order valence-electron chi connectivity index (χ3n) is 4.98. The van der Waals surface area contributed by atoms with Crippen molar-refractivity contribution in [3.05, 3.63) is 36.5 Å². The van der Waals surface area contributed by atoms with Gasteiger partial charge in [0.1, 0.15) is 0 Å². The van der Waals surface area contributed by atoms with E-state index in [1.54, 1.807) is 0 Å². The molecule has 1 rings (SSSR count). The van der Waals surface area contributed by atoms with E-state index in [0.717, 1.165) is 32.6 Å². The molecule has 1 unspecified atom stereocenters. The zero-order valence-corrected chi connectivity index (χ0v) is 16.2. The van der Waals surface area contributed by atoms with E-state index >= 15 is 0 Å². The minimum atomic E-state index is 0.107. The molecule has 0 amide bonds. The molecule has 0 saturated carbocycles. The van der Waals surface area contributed by atoms with Crippen LogP contribution in [-0.4, -0.2) is 26.2 Å². The second-order valence-electron chi connectivity index (χ2n) is 7.23. The molecular formula is C22H40N2. The van der Waals surface area contributed by atoms with Crippen molar-refractivity contribution in [1.29, 1.82) is 0 Å². The van der Waals surface area contributed by atoms with Crippen LogP contribution in [0.1, 0.15) is 71.6 Å². The van der Waals surface area contributed by atoms with Crippen molar-refractivity contribution in [3.8, 4) is 0 Å². The van der Waals surface area contributed by atoms with Gasteiger partial charge in [-0.25, -0.2) is 0 Å². The monoisotopic (exact) mass is 332 g/mol. The van der Waals surface area contributed by atoms with E-state index in [1.165, 1.54) is 56.9 Å². The van der Waals surface area contributed by atoms with Crippen LogP contribution in [0, 0.1) is 5.41 Å². The molecule has 0 aromatic rings. The van der Waals surface area contributed by atoms with Crippen molar-refractivity contribution < 1.29 is 0 Å². The van der Waals surface area contributed by atoms with Gasteiger partial charge >= 0.3 is 0 Å². The molecule has 24 heavy (non-hydrogen) atoms.